The number of halogens is 1. The zero-order valence-corrected chi connectivity index (χ0v) is 21.5. The van der Waals surface area contributed by atoms with Crippen molar-refractivity contribution in [2.24, 2.45) is 4.99 Å². The summed E-state index contributed by atoms with van der Waals surface area (Å²) in [7, 11) is 4.03. The molecular weight excluding hydrogens is 497 g/mol. The topological polar surface area (TPSA) is 42.9 Å². The Morgan fingerprint density at radius 3 is 2.23 bits per heavy atom. The summed E-state index contributed by atoms with van der Waals surface area (Å²) in [6.07, 6.45) is 2.15. The van der Waals surface area contributed by atoms with E-state index in [0.717, 1.165) is 58.1 Å². The van der Waals surface area contributed by atoms with Crippen LogP contribution in [0.2, 0.25) is 0 Å². The molecule has 0 amide bonds. The molecule has 1 aliphatic heterocycles. The van der Waals surface area contributed by atoms with Crippen LogP contribution in [-0.2, 0) is 19.5 Å². The SMILES string of the molecule is CN=C(NCc1ccc(CN2CCN(C)CC2)cc1)NC(C)CCc1ccccc1.I. The van der Waals surface area contributed by atoms with Crippen LogP contribution in [0.5, 0.6) is 0 Å². The fourth-order valence-electron chi connectivity index (χ4n) is 3.74. The highest BCUT2D eigenvalue weighted by atomic mass is 127. The standard InChI is InChI=1S/C25H37N5.HI/c1-21(9-10-22-7-5-4-6-8-22)28-25(26-2)27-19-23-11-13-24(14-12-23)20-30-17-15-29(3)16-18-30;/h4-8,11-14,21H,9-10,15-20H2,1-3H3,(H2,26,27,28);1H. The summed E-state index contributed by atoms with van der Waals surface area (Å²) in [6, 6.07) is 20.0. The first-order chi connectivity index (χ1) is 14.6. The van der Waals surface area contributed by atoms with E-state index in [1.165, 1.54) is 16.7 Å². The molecule has 1 aliphatic rings. The van der Waals surface area contributed by atoms with E-state index in [2.05, 4.69) is 94.0 Å². The Morgan fingerprint density at radius 1 is 0.935 bits per heavy atom. The lowest BCUT2D eigenvalue weighted by atomic mass is 10.1. The molecule has 3 rings (SSSR count). The van der Waals surface area contributed by atoms with Crippen molar-refractivity contribution < 1.29 is 0 Å². The monoisotopic (exact) mass is 535 g/mol. The Hall–Kier alpha value is -1.64. The summed E-state index contributed by atoms with van der Waals surface area (Å²) in [5.41, 5.74) is 4.04. The van der Waals surface area contributed by atoms with Crippen molar-refractivity contribution in [2.75, 3.05) is 40.3 Å². The summed E-state index contributed by atoms with van der Waals surface area (Å²) in [5, 5.41) is 6.95. The van der Waals surface area contributed by atoms with Crippen LogP contribution >= 0.6 is 24.0 Å². The van der Waals surface area contributed by atoms with Gasteiger partial charge in [0.2, 0.25) is 0 Å². The van der Waals surface area contributed by atoms with Gasteiger partial charge >= 0.3 is 0 Å². The molecular formula is C25H38IN5. The molecule has 1 atom stereocenters. The Morgan fingerprint density at radius 2 is 1.58 bits per heavy atom. The van der Waals surface area contributed by atoms with Gasteiger partial charge in [0, 0.05) is 52.4 Å². The molecule has 0 aromatic heterocycles. The maximum atomic E-state index is 4.38. The van der Waals surface area contributed by atoms with Crippen LogP contribution < -0.4 is 10.6 Å². The minimum atomic E-state index is 0. The molecule has 31 heavy (non-hydrogen) atoms. The molecule has 1 fully saturated rings. The second-order valence-corrected chi connectivity index (χ2v) is 8.39. The molecule has 0 spiro atoms. The minimum absolute atomic E-state index is 0. The number of likely N-dealkylation sites (N-methyl/N-ethyl adjacent to an activating group) is 1. The van der Waals surface area contributed by atoms with Gasteiger partial charge in [-0.15, -0.1) is 24.0 Å². The van der Waals surface area contributed by atoms with Crippen molar-refractivity contribution in [3.63, 3.8) is 0 Å². The van der Waals surface area contributed by atoms with Crippen LogP contribution in [0.25, 0.3) is 0 Å². The van der Waals surface area contributed by atoms with Crippen LogP contribution in [0.1, 0.15) is 30.0 Å². The highest BCUT2D eigenvalue weighted by molar-refractivity contribution is 14.0. The average molecular weight is 536 g/mol. The lowest BCUT2D eigenvalue weighted by molar-refractivity contribution is 0.148. The molecule has 2 N–H and O–H groups in total. The maximum Gasteiger partial charge on any atom is 0.191 e. The first-order valence-electron chi connectivity index (χ1n) is 11.1. The van der Waals surface area contributed by atoms with Crippen molar-refractivity contribution in [2.45, 2.75) is 38.9 Å². The smallest absolute Gasteiger partial charge is 0.191 e. The van der Waals surface area contributed by atoms with Crippen molar-refractivity contribution >= 4 is 29.9 Å². The van der Waals surface area contributed by atoms with Crippen LogP contribution in [0, 0.1) is 0 Å². The molecule has 0 radical (unpaired) electrons. The second-order valence-electron chi connectivity index (χ2n) is 8.39. The molecule has 6 heteroatoms. The third-order valence-electron chi connectivity index (χ3n) is 5.80. The highest BCUT2D eigenvalue weighted by Crippen LogP contribution is 2.10. The van der Waals surface area contributed by atoms with Gasteiger partial charge in [0.1, 0.15) is 0 Å². The maximum absolute atomic E-state index is 4.38. The van der Waals surface area contributed by atoms with E-state index in [1.54, 1.807) is 0 Å². The van der Waals surface area contributed by atoms with E-state index in [9.17, 15) is 0 Å². The van der Waals surface area contributed by atoms with Gasteiger partial charge in [-0.3, -0.25) is 9.89 Å². The molecule has 5 nitrogen and oxygen atoms in total. The summed E-state index contributed by atoms with van der Waals surface area (Å²) in [5.74, 6) is 0.858. The number of aliphatic imine (C=N–C) groups is 1. The molecule has 0 bridgehead atoms. The molecule has 1 saturated heterocycles. The highest BCUT2D eigenvalue weighted by Gasteiger charge is 2.13. The quantitative estimate of drug-likeness (QED) is 0.307. The number of piperazine rings is 1. The lowest BCUT2D eigenvalue weighted by Crippen LogP contribution is -2.43. The zero-order valence-electron chi connectivity index (χ0n) is 19.2. The fraction of sp³-hybridized carbons (Fsp3) is 0.480. The van der Waals surface area contributed by atoms with Gasteiger partial charge in [0.05, 0.1) is 0 Å². The van der Waals surface area contributed by atoms with Crippen LogP contribution in [-0.4, -0.2) is 62.1 Å². The van der Waals surface area contributed by atoms with Gasteiger partial charge in [0.15, 0.2) is 5.96 Å². The normalized spacial score (nSPS) is 16.4. The molecule has 2 aromatic rings. The first-order valence-corrected chi connectivity index (χ1v) is 11.1. The van der Waals surface area contributed by atoms with E-state index in [4.69, 9.17) is 0 Å². The van der Waals surface area contributed by atoms with Crippen LogP contribution in [0.15, 0.2) is 59.6 Å². The molecule has 1 heterocycles. The first kappa shape index (κ1) is 25.6. The van der Waals surface area contributed by atoms with Gasteiger partial charge in [-0.05, 0) is 43.5 Å². The van der Waals surface area contributed by atoms with Crippen molar-refractivity contribution in [3.05, 3.63) is 71.3 Å². The third-order valence-corrected chi connectivity index (χ3v) is 5.80. The van der Waals surface area contributed by atoms with Gasteiger partial charge in [-0.1, -0.05) is 54.6 Å². The van der Waals surface area contributed by atoms with Gasteiger partial charge < -0.3 is 15.5 Å². The van der Waals surface area contributed by atoms with Crippen molar-refractivity contribution in [1.29, 1.82) is 0 Å². The number of benzene rings is 2. The number of rotatable bonds is 8. The van der Waals surface area contributed by atoms with Gasteiger partial charge in [-0.25, -0.2) is 0 Å². The number of guanidine groups is 1. The van der Waals surface area contributed by atoms with Gasteiger partial charge in [0.25, 0.3) is 0 Å². The van der Waals surface area contributed by atoms with E-state index < -0.39 is 0 Å². The van der Waals surface area contributed by atoms with Crippen molar-refractivity contribution in [3.8, 4) is 0 Å². The van der Waals surface area contributed by atoms with E-state index >= 15 is 0 Å². The molecule has 0 saturated carbocycles. The van der Waals surface area contributed by atoms with Gasteiger partial charge in [-0.2, -0.15) is 0 Å². The van der Waals surface area contributed by atoms with Crippen LogP contribution in [0.4, 0.5) is 0 Å². The second kappa shape index (κ2) is 13.7. The predicted molar refractivity (Wildman–Crippen MR) is 142 cm³/mol. The summed E-state index contributed by atoms with van der Waals surface area (Å²) < 4.78 is 0. The Bertz CT molecular complexity index is 770. The summed E-state index contributed by atoms with van der Waals surface area (Å²) >= 11 is 0. The Balaban J connectivity index is 0.00000341. The average Bonchev–Trinajstić information content (AvgIpc) is 2.78. The molecule has 170 valence electrons. The fourth-order valence-corrected chi connectivity index (χ4v) is 3.74. The summed E-state index contributed by atoms with van der Waals surface area (Å²) in [6.45, 7) is 8.68. The number of hydrogen-bond acceptors (Lipinski definition) is 3. The third kappa shape index (κ3) is 9.17. The van der Waals surface area contributed by atoms with E-state index in [1.807, 2.05) is 7.05 Å². The number of nitrogens with one attached hydrogen (secondary N) is 2. The van der Waals surface area contributed by atoms with Crippen LogP contribution in [0.3, 0.4) is 0 Å². The molecule has 1 unspecified atom stereocenters. The number of aryl methyl sites for hydroxylation is 1. The molecule has 0 aliphatic carbocycles. The number of nitrogens with zero attached hydrogens (tertiary/aromatic N) is 3. The Labute approximate surface area is 205 Å². The van der Waals surface area contributed by atoms with E-state index in [-0.39, 0.29) is 24.0 Å². The molecule has 2 aromatic carbocycles. The zero-order chi connectivity index (χ0) is 21.2. The Kier molecular flexibility index (Phi) is 11.3. The lowest BCUT2D eigenvalue weighted by Gasteiger charge is -2.32. The number of hydrogen-bond donors (Lipinski definition) is 2. The minimum Gasteiger partial charge on any atom is -0.354 e. The largest absolute Gasteiger partial charge is 0.354 e. The van der Waals surface area contributed by atoms with Crippen molar-refractivity contribution in [1.82, 2.24) is 20.4 Å². The predicted octanol–water partition coefficient (Wildman–Crippen LogP) is 3.74. The summed E-state index contributed by atoms with van der Waals surface area (Å²) in [4.78, 5) is 9.32. The van der Waals surface area contributed by atoms with E-state index in [0.29, 0.717) is 6.04 Å².